The van der Waals surface area contributed by atoms with E-state index in [-0.39, 0.29) is 28.2 Å². The summed E-state index contributed by atoms with van der Waals surface area (Å²) in [6.07, 6.45) is 0. The zero-order valence-electron chi connectivity index (χ0n) is 15.4. The topological polar surface area (TPSA) is 170 Å². The number of rotatable bonds is 4. The van der Waals surface area contributed by atoms with E-state index in [2.05, 4.69) is 5.32 Å². The molecule has 9 heteroatoms. The van der Waals surface area contributed by atoms with Gasteiger partial charge in [0.1, 0.15) is 11.5 Å². The largest absolute Gasteiger partial charge is 0.508 e. The Hall–Kier alpha value is -4.53. The van der Waals surface area contributed by atoms with Crippen molar-refractivity contribution in [1.29, 1.82) is 0 Å². The van der Waals surface area contributed by atoms with E-state index < -0.39 is 17.8 Å². The average Bonchev–Trinajstić information content (AvgIpc) is 2.69. The van der Waals surface area contributed by atoms with Gasteiger partial charge in [-0.25, -0.2) is 9.59 Å². The lowest BCUT2D eigenvalue weighted by atomic mass is 10.1. The van der Waals surface area contributed by atoms with Gasteiger partial charge < -0.3 is 31.5 Å². The number of hydrogen-bond donors (Lipinski definition) is 6. The molecule has 0 atom stereocenters. The second-order valence-corrected chi connectivity index (χ2v) is 5.97. The predicted octanol–water partition coefficient (Wildman–Crippen LogP) is 3.02. The first-order chi connectivity index (χ1) is 14.2. The van der Waals surface area contributed by atoms with Crippen molar-refractivity contribution < 1.29 is 34.8 Å². The monoisotopic (exact) mass is 410 g/mol. The van der Waals surface area contributed by atoms with Gasteiger partial charge in [0.2, 0.25) is 0 Å². The molecule has 0 unspecified atom stereocenters. The first-order valence-corrected chi connectivity index (χ1v) is 8.43. The second kappa shape index (κ2) is 9.60. The Labute approximate surface area is 170 Å². The molecule has 0 radical (unpaired) electrons. The first kappa shape index (κ1) is 21.8. The van der Waals surface area contributed by atoms with E-state index >= 15 is 0 Å². The van der Waals surface area contributed by atoms with Gasteiger partial charge in [-0.05, 0) is 60.7 Å². The zero-order chi connectivity index (χ0) is 22.3. The molecule has 9 nitrogen and oxygen atoms in total. The molecule has 0 aliphatic rings. The average molecular weight is 410 g/mol. The maximum atomic E-state index is 11.9. The predicted molar refractivity (Wildman–Crippen MR) is 109 cm³/mol. The van der Waals surface area contributed by atoms with Crippen molar-refractivity contribution in [3.63, 3.8) is 0 Å². The lowest BCUT2D eigenvalue weighted by Gasteiger charge is -2.07. The highest BCUT2D eigenvalue weighted by molar-refractivity contribution is 6.06. The molecule has 30 heavy (non-hydrogen) atoms. The molecule has 0 heterocycles. The Balaban J connectivity index is 0.000000269. The number of carboxylic acids is 2. The minimum Gasteiger partial charge on any atom is -0.508 e. The Morgan fingerprint density at radius 3 is 1.70 bits per heavy atom. The quantitative estimate of drug-likeness (QED) is 0.356. The van der Waals surface area contributed by atoms with Crippen LogP contribution in [0.5, 0.6) is 11.5 Å². The summed E-state index contributed by atoms with van der Waals surface area (Å²) in [5.41, 5.74) is 6.67. The van der Waals surface area contributed by atoms with Crippen LogP contribution in [0.4, 0.5) is 11.4 Å². The maximum absolute atomic E-state index is 11.9. The molecular weight excluding hydrogens is 392 g/mol. The van der Waals surface area contributed by atoms with Crippen LogP contribution in [0.15, 0.2) is 66.7 Å². The van der Waals surface area contributed by atoms with Gasteiger partial charge in [0.25, 0.3) is 5.91 Å². The van der Waals surface area contributed by atoms with Crippen molar-refractivity contribution in [1.82, 2.24) is 0 Å². The lowest BCUT2D eigenvalue weighted by molar-refractivity contribution is 0.0686. The number of hydrogen-bond acceptors (Lipinski definition) is 6. The summed E-state index contributed by atoms with van der Waals surface area (Å²) in [6.45, 7) is 0. The number of phenols is 2. The molecule has 0 bridgehead atoms. The van der Waals surface area contributed by atoms with Crippen molar-refractivity contribution >= 4 is 29.2 Å². The smallest absolute Gasteiger partial charge is 0.335 e. The molecule has 0 spiro atoms. The summed E-state index contributed by atoms with van der Waals surface area (Å²) in [4.78, 5) is 32.9. The van der Waals surface area contributed by atoms with Crippen LogP contribution < -0.4 is 11.1 Å². The molecule has 154 valence electrons. The van der Waals surface area contributed by atoms with E-state index in [1.54, 1.807) is 12.1 Å². The summed E-state index contributed by atoms with van der Waals surface area (Å²) in [7, 11) is 0. The van der Waals surface area contributed by atoms with Gasteiger partial charge in [0.05, 0.1) is 16.7 Å². The van der Waals surface area contributed by atoms with E-state index in [4.69, 9.17) is 21.1 Å². The van der Waals surface area contributed by atoms with Crippen LogP contribution in [0.25, 0.3) is 0 Å². The molecule has 0 aliphatic carbocycles. The number of aromatic hydroxyl groups is 2. The van der Waals surface area contributed by atoms with Crippen LogP contribution in [-0.4, -0.2) is 38.3 Å². The summed E-state index contributed by atoms with van der Waals surface area (Å²) >= 11 is 0. The molecule has 3 rings (SSSR count). The van der Waals surface area contributed by atoms with E-state index in [0.717, 1.165) is 6.07 Å². The normalized spacial score (nSPS) is 9.73. The highest BCUT2D eigenvalue weighted by Gasteiger charge is 2.12. The summed E-state index contributed by atoms with van der Waals surface area (Å²) < 4.78 is 0. The van der Waals surface area contributed by atoms with Gasteiger partial charge in [-0.1, -0.05) is 0 Å². The molecule has 0 aliphatic heterocycles. The van der Waals surface area contributed by atoms with Crippen LogP contribution in [0.2, 0.25) is 0 Å². The zero-order valence-corrected chi connectivity index (χ0v) is 15.4. The van der Waals surface area contributed by atoms with Crippen LogP contribution in [0.3, 0.4) is 0 Å². The Morgan fingerprint density at radius 2 is 1.23 bits per heavy atom. The minimum atomic E-state index is -1.06. The van der Waals surface area contributed by atoms with Gasteiger partial charge in [-0.3, -0.25) is 4.79 Å². The van der Waals surface area contributed by atoms with Gasteiger partial charge in [-0.2, -0.15) is 0 Å². The number of nitrogen functional groups attached to an aromatic ring is 1. The number of amides is 1. The molecule has 3 aromatic rings. The number of anilines is 2. The van der Waals surface area contributed by atoms with Crippen LogP contribution >= 0.6 is 0 Å². The van der Waals surface area contributed by atoms with E-state index in [0.29, 0.717) is 11.4 Å². The number of phenolic OH excluding ortho intramolecular Hbond substituents is 2. The number of carbonyl (C=O) groups excluding carboxylic acids is 1. The van der Waals surface area contributed by atoms with Crippen molar-refractivity contribution in [2.24, 2.45) is 0 Å². The number of nitrogens with one attached hydrogen (secondary N) is 1. The number of carboxylic acid groups (broad SMARTS) is 2. The number of aromatic carboxylic acids is 2. The van der Waals surface area contributed by atoms with E-state index in [9.17, 15) is 19.5 Å². The first-order valence-electron chi connectivity index (χ1n) is 8.43. The van der Waals surface area contributed by atoms with Crippen molar-refractivity contribution in [2.45, 2.75) is 0 Å². The highest BCUT2D eigenvalue weighted by Crippen LogP contribution is 2.23. The molecule has 1 amide bonds. The fourth-order valence-electron chi connectivity index (χ4n) is 2.23. The Kier molecular flexibility index (Phi) is 6.97. The van der Waals surface area contributed by atoms with Gasteiger partial charge in [-0.15, -0.1) is 0 Å². The highest BCUT2D eigenvalue weighted by atomic mass is 16.4. The second-order valence-electron chi connectivity index (χ2n) is 5.97. The van der Waals surface area contributed by atoms with Gasteiger partial charge in [0.15, 0.2) is 0 Å². The Morgan fingerprint density at radius 1 is 0.733 bits per heavy atom. The third-order valence-electron chi connectivity index (χ3n) is 3.77. The van der Waals surface area contributed by atoms with Crippen molar-refractivity contribution in [2.75, 3.05) is 11.1 Å². The van der Waals surface area contributed by atoms with Gasteiger partial charge in [0, 0.05) is 17.4 Å². The third kappa shape index (κ3) is 5.99. The SMILES string of the molecule is Nc1ccc(C(=O)O)cc1.O=C(O)c1ccc(NC(=O)c2ccc(O)cc2O)cc1. The standard InChI is InChI=1S/C14H11NO5.C7H7NO2/c16-10-5-6-11(12(17)7-10)13(18)15-9-3-1-8(2-4-9)14(19)20;8-6-3-1-5(2-4-6)7(9)10/h1-7,16-17H,(H,15,18)(H,19,20);1-4H,8H2,(H,9,10). The molecule has 0 fully saturated rings. The number of benzene rings is 3. The number of carbonyl (C=O) groups is 3. The van der Waals surface area contributed by atoms with Crippen molar-refractivity contribution in [3.8, 4) is 11.5 Å². The maximum Gasteiger partial charge on any atom is 0.335 e. The molecule has 0 saturated heterocycles. The fourth-order valence-corrected chi connectivity index (χ4v) is 2.23. The fraction of sp³-hybridized carbons (Fsp3) is 0. The summed E-state index contributed by atoms with van der Waals surface area (Å²) in [6, 6.07) is 15.3. The Bertz CT molecular complexity index is 1060. The molecule has 0 saturated carbocycles. The summed E-state index contributed by atoms with van der Waals surface area (Å²) in [5.74, 6) is -3.04. The molecule has 0 aromatic heterocycles. The van der Waals surface area contributed by atoms with Crippen molar-refractivity contribution in [3.05, 3.63) is 83.4 Å². The molecule has 7 N–H and O–H groups in total. The van der Waals surface area contributed by atoms with Gasteiger partial charge >= 0.3 is 11.9 Å². The minimum absolute atomic E-state index is 0.00473. The van der Waals surface area contributed by atoms with Crippen LogP contribution in [0, 0.1) is 0 Å². The molecule has 3 aromatic carbocycles. The third-order valence-corrected chi connectivity index (χ3v) is 3.77. The van der Waals surface area contributed by atoms with E-state index in [1.807, 2.05) is 0 Å². The van der Waals surface area contributed by atoms with E-state index in [1.165, 1.54) is 48.5 Å². The lowest BCUT2D eigenvalue weighted by Crippen LogP contribution is -2.12. The summed E-state index contributed by atoms with van der Waals surface area (Å²) in [5, 5.41) is 38.4. The molecular formula is C21H18N2O7. The number of nitrogens with two attached hydrogens (primary N) is 1. The van der Waals surface area contributed by atoms with Crippen LogP contribution in [-0.2, 0) is 0 Å². The van der Waals surface area contributed by atoms with Crippen LogP contribution in [0.1, 0.15) is 31.1 Å².